The third kappa shape index (κ3) is 36.5. The van der Waals surface area contributed by atoms with Crippen molar-refractivity contribution in [2.75, 3.05) is 79.7 Å². The molecule has 0 aliphatic rings. The van der Waals surface area contributed by atoms with E-state index >= 15 is 0 Å². The first-order valence-corrected chi connectivity index (χ1v) is 25.0. The van der Waals surface area contributed by atoms with E-state index in [2.05, 4.69) is 39.1 Å². The molecule has 0 N–H and O–H groups in total. The number of carbonyl (C=O) groups excluding carboxylic acids is 2. The molecule has 0 saturated carbocycles. The number of hydrogen-bond acceptors (Lipinski definition) is 12. The van der Waals surface area contributed by atoms with Crippen molar-refractivity contribution in [1.29, 1.82) is 0 Å². The summed E-state index contributed by atoms with van der Waals surface area (Å²) in [5.41, 5.74) is 6.41. The number of aryl methyl sites for hydroxylation is 2. The Morgan fingerprint density at radius 1 is 0.422 bits per heavy atom. The van der Waals surface area contributed by atoms with Gasteiger partial charge in [0, 0.05) is 12.8 Å². The van der Waals surface area contributed by atoms with Crippen molar-refractivity contribution in [3.8, 4) is 0 Å². The van der Waals surface area contributed by atoms with Crippen LogP contribution < -0.4 is 0 Å². The van der Waals surface area contributed by atoms with Crippen LogP contribution in [0.5, 0.6) is 0 Å². The van der Waals surface area contributed by atoms with Crippen molar-refractivity contribution in [3.63, 3.8) is 0 Å². The molecular formula is C52H90O12. The molecule has 12 heteroatoms. The van der Waals surface area contributed by atoms with Gasteiger partial charge in [0.15, 0.2) is 0 Å². The van der Waals surface area contributed by atoms with Crippen LogP contribution >= 0.6 is 0 Å². The number of benzene rings is 1. The van der Waals surface area contributed by atoms with Crippen molar-refractivity contribution < 1.29 is 57.6 Å². The summed E-state index contributed by atoms with van der Waals surface area (Å²) in [4.78, 5) is 43.9. The fourth-order valence-corrected chi connectivity index (χ4v) is 7.35. The first kappa shape index (κ1) is 59.3. The number of esters is 2. The Kier molecular flexibility index (Phi) is 43.4. The van der Waals surface area contributed by atoms with Crippen LogP contribution in [0.15, 0.2) is 37.4 Å². The minimum atomic E-state index is -0.175. The van der Waals surface area contributed by atoms with E-state index in [1.54, 1.807) is 34.4 Å². The molecule has 64 heavy (non-hydrogen) atoms. The lowest BCUT2D eigenvalue weighted by Crippen LogP contribution is -2.13. The Hall–Kier alpha value is -2.68. The molecule has 0 unspecified atom stereocenters. The van der Waals surface area contributed by atoms with Crippen LogP contribution in [-0.4, -0.2) is 91.6 Å². The third-order valence-electron chi connectivity index (χ3n) is 10.8. The Morgan fingerprint density at radius 3 is 1.17 bits per heavy atom. The average molecular weight is 907 g/mol. The average Bonchev–Trinajstić information content (AvgIpc) is 3.30. The molecule has 0 aliphatic carbocycles. The molecule has 0 amide bonds. The van der Waals surface area contributed by atoms with E-state index in [9.17, 15) is 9.59 Å². The lowest BCUT2D eigenvalue weighted by molar-refractivity contribution is -0.293. The predicted molar refractivity (Wildman–Crippen MR) is 254 cm³/mol. The number of unbranched alkanes of at least 4 members (excludes halogenated alkanes) is 16. The van der Waals surface area contributed by atoms with E-state index in [4.69, 9.17) is 48.0 Å². The van der Waals surface area contributed by atoms with Crippen LogP contribution in [-0.2, 0) is 83.2 Å². The molecule has 0 saturated heterocycles. The summed E-state index contributed by atoms with van der Waals surface area (Å²) in [6.45, 7) is 14.9. The number of hydrogen-bond donors (Lipinski definition) is 0. The molecule has 1 rings (SSSR count). The Labute approximate surface area is 388 Å². The fourth-order valence-electron chi connectivity index (χ4n) is 7.35. The highest BCUT2D eigenvalue weighted by molar-refractivity contribution is 5.69. The lowest BCUT2D eigenvalue weighted by atomic mass is 9.85. The standard InChI is InChI=1S/C52H90O12/c1-5-9-11-13-17-23-29-49-47(27-21-12-10-6-2)33-34-48(28-22-16-14-19-25-31-51(53)59-41-37-55-45-57-39-43-63-61-35-7-3)50(49)30-24-18-15-20-26-32-52(54)60-42-38-56-46-58-40-44-64-62-36-8-4/h7-8,33-34H,3-6,9-32,35-46H2,1-2H3. The molecule has 0 fully saturated rings. The molecule has 12 nitrogen and oxygen atoms in total. The van der Waals surface area contributed by atoms with Gasteiger partial charge in [-0.3, -0.25) is 9.59 Å². The Morgan fingerprint density at radius 2 is 0.766 bits per heavy atom. The summed E-state index contributed by atoms with van der Waals surface area (Å²) < 4.78 is 31.9. The van der Waals surface area contributed by atoms with Gasteiger partial charge in [-0.15, -0.1) is 13.2 Å². The number of carbonyl (C=O) groups is 2. The summed E-state index contributed by atoms with van der Waals surface area (Å²) >= 11 is 0. The maximum Gasteiger partial charge on any atom is 0.305 e. The van der Waals surface area contributed by atoms with Gasteiger partial charge in [0.25, 0.3) is 0 Å². The second kappa shape index (κ2) is 46.8. The molecule has 0 atom stereocenters. The topological polar surface area (TPSA) is 126 Å². The lowest BCUT2D eigenvalue weighted by Gasteiger charge is -2.20. The highest BCUT2D eigenvalue weighted by Crippen LogP contribution is 2.28. The predicted octanol–water partition coefficient (Wildman–Crippen LogP) is 11.8. The summed E-state index contributed by atoms with van der Waals surface area (Å²) in [5.74, 6) is -0.347. The molecule has 0 heterocycles. The van der Waals surface area contributed by atoms with Crippen molar-refractivity contribution >= 4 is 11.9 Å². The normalized spacial score (nSPS) is 11.3. The highest BCUT2D eigenvalue weighted by Gasteiger charge is 2.14. The smallest absolute Gasteiger partial charge is 0.305 e. The molecule has 0 spiro atoms. The van der Waals surface area contributed by atoms with Gasteiger partial charge in [-0.25, -0.2) is 19.6 Å². The van der Waals surface area contributed by atoms with Crippen molar-refractivity contribution in [3.05, 3.63) is 59.7 Å². The van der Waals surface area contributed by atoms with Gasteiger partial charge in [0.2, 0.25) is 0 Å². The molecule has 1 aromatic carbocycles. The minimum Gasteiger partial charge on any atom is -0.463 e. The summed E-state index contributed by atoms with van der Waals surface area (Å²) in [6.07, 6.45) is 32.3. The summed E-state index contributed by atoms with van der Waals surface area (Å²) in [5, 5.41) is 0. The zero-order chi connectivity index (χ0) is 46.2. The van der Waals surface area contributed by atoms with E-state index in [-0.39, 0.29) is 38.7 Å². The first-order chi connectivity index (χ1) is 31.6. The molecule has 370 valence electrons. The van der Waals surface area contributed by atoms with Gasteiger partial charge in [0.05, 0.1) is 26.4 Å². The summed E-state index contributed by atoms with van der Waals surface area (Å²) in [7, 11) is 0. The Balaban J connectivity index is 2.54. The van der Waals surface area contributed by atoms with E-state index < -0.39 is 0 Å². The van der Waals surface area contributed by atoms with E-state index in [1.165, 1.54) is 83.5 Å². The zero-order valence-electron chi connectivity index (χ0n) is 40.5. The van der Waals surface area contributed by atoms with Crippen LogP contribution in [0.2, 0.25) is 0 Å². The SMILES string of the molecule is C=CCOOCCOCOCCOC(=O)CCCCCCCc1ccc(CCCCCC)c(CCCCCCCC)c1CCCCCCCC(=O)OCCOCOCCOOCC=C. The first-order valence-electron chi connectivity index (χ1n) is 25.0. The largest absolute Gasteiger partial charge is 0.463 e. The molecule has 0 radical (unpaired) electrons. The van der Waals surface area contributed by atoms with Crippen LogP contribution in [0.4, 0.5) is 0 Å². The van der Waals surface area contributed by atoms with Crippen LogP contribution in [0, 0.1) is 0 Å². The number of ether oxygens (including phenoxy) is 6. The second-order valence-electron chi connectivity index (χ2n) is 16.3. The van der Waals surface area contributed by atoms with E-state index in [1.807, 2.05) is 0 Å². The maximum absolute atomic E-state index is 12.3. The van der Waals surface area contributed by atoms with Crippen LogP contribution in [0.1, 0.15) is 177 Å². The molecule has 0 aromatic heterocycles. The monoisotopic (exact) mass is 907 g/mol. The maximum atomic E-state index is 12.3. The van der Waals surface area contributed by atoms with Gasteiger partial charge in [-0.2, -0.15) is 0 Å². The van der Waals surface area contributed by atoms with Gasteiger partial charge in [-0.05, 0) is 86.5 Å². The molecular weight excluding hydrogens is 817 g/mol. The zero-order valence-corrected chi connectivity index (χ0v) is 40.5. The molecule has 0 bridgehead atoms. The van der Waals surface area contributed by atoms with Crippen molar-refractivity contribution in [2.45, 2.75) is 181 Å². The Bertz CT molecular complexity index is 1240. The van der Waals surface area contributed by atoms with E-state index in [0.717, 1.165) is 70.6 Å². The highest BCUT2D eigenvalue weighted by atomic mass is 17.2. The number of rotatable bonds is 50. The third-order valence-corrected chi connectivity index (χ3v) is 10.8. The quantitative estimate of drug-likeness (QED) is 0.0154. The second-order valence-corrected chi connectivity index (χ2v) is 16.3. The van der Waals surface area contributed by atoms with Crippen molar-refractivity contribution in [1.82, 2.24) is 0 Å². The van der Waals surface area contributed by atoms with Gasteiger partial charge in [-0.1, -0.05) is 128 Å². The van der Waals surface area contributed by atoms with E-state index in [0.29, 0.717) is 65.7 Å². The van der Waals surface area contributed by atoms with Crippen LogP contribution in [0.25, 0.3) is 0 Å². The van der Waals surface area contributed by atoms with Crippen LogP contribution in [0.3, 0.4) is 0 Å². The molecule has 0 aliphatic heterocycles. The van der Waals surface area contributed by atoms with Gasteiger partial charge < -0.3 is 28.4 Å². The summed E-state index contributed by atoms with van der Waals surface area (Å²) in [6, 6.07) is 4.92. The van der Waals surface area contributed by atoms with Gasteiger partial charge >= 0.3 is 11.9 Å². The van der Waals surface area contributed by atoms with Gasteiger partial charge in [0.1, 0.15) is 53.2 Å². The fraction of sp³-hybridized carbons (Fsp3) is 0.769. The molecule has 1 aromatic rings. The minimum absolute atomic E-state index is 0.109. The van der Waals surface area contributed by atoms with Crippen molar-refractivity contribution in [2.24, 2.45) is 0 Å².